The van der Waals surface area contributed by atoms with Crippen molar-refractivity contribution < 1.29 is 29.3 Å². The van der Waals surface area contributed by atoms with Crippen molar-refractivity contribution >= 4 is 23.0 Å². The second kappa shape index (κ2) is 11.0. The lowest BCUT2D eigenvalue weighted by molar-refractivity contribution is -0.172. The van der Waals surface area contributed by atoms with E-state index in [1.807, 2.05) is 54.6 Å². The lowest BCUT2D eigenvalue weighted by atomic mass is 9.86. The standard InChI is InChI=1S/C32H31N3O7/c1-2-32(40)25-16-27-28-23(17-35(27)29(37)24(25)19-41-30(32)38)21(22-10-6-7-11-26(22)33-28)12-13-34(14-15-36)31(39)42-18-20-8-4-3-5-9-20/h3-11,16,36,40H,2,12-15,17-19H2,1H3. The largest absolute Gasteiger partial charge is 0.458 e. The van der Waals surface area contributed by atoms with Gasteiger partial charge in [0.05, 0.1) is 35.6 Å². The quantitative estimate of drug-likeness (QED) is 0.272. The Balaban J connectivity index is 1.36. The molecule has 1 atom stereocenters. The molecule has 0 saturated heterocycles. The molecule has 0 fully saturated rings. The molecule has 4 aromatic rings. The molecule has 4 heterocycles. The molecule has 1 amide bonds. The minimum absolute atomic E-state index is 0.0616. The molecule has 6 rings (SSSR count). The number of carbonyl (C=O) groups is 2. The molecule has 0 aliphatic carbocycles. The molecule has 2 aromatic heterocycles. The summed E-state index contributed by atoms with van der Waals surface area (Å²) in [6.45, 7) is 2.00. The van der Waals surface area contributed by atoms with Gasteiger partial charge in [-0.3, -0.25) is 4.79 Å². The average Bonchev–Trinajstić information content (AvgIpc) is 3.38. The van der Waals surface area contributed by atoms with E-state index in [-0.39, 0.29) is 62.6 Å². The number of aliphatic hydroxyl groups excluding tert-OH is 1. The molecule has 1 unspecified atom stereocenters. The number of benzene rings is 2. The number of hydrogen-bond acceptors (Lipinski definition) is 8. The van der Waals surface area contributed by atoms with Crippen LogP contribution in [0.4, 0.5) is 4.79 Å². The Morgan fingerprint density at radius 1 is 1.10 bits per heavy atom. The highest BCUT2D eigenvalue weighted by atomic mass is 16.6. The van der Waals surface area contributed by atoms with E-state index in [0.29, 0.717) is 17.8 Å². The first-order chi connectivity index (χ1) is 20.4. The van der Waals surface area contributed by atoms with Crippen molar-refractivity contribution in [3.63, 3.8) is 0 Å². The maximum absolute atomic E-state index is 13.7. The Kier molecular flexibility index (Phi) is 7.26. The molecule has 42 heavy (non-hydrogen) atoms. The predicted molar refractivity (Wildman–Crippen MR) is 154 cm³/mol. The first kappa shape index (κ1) is 27.6. The maximum atomic E-state index is 13.7. The van der Waals surface area contributed by atoms with Crippen molar-refractivity contribution in [3.05, 3.63) is 98.8 Å². The van der Waals surface area contributed by atoms with Crippen LogP contribution < -0.4 is 5.56 Å². The zero-order valence-electron chi connectivity index (χ0n) is 23.2. The molecular weight excluding hydrogens is 538 g/mol. The Morgan fingerprint density at radius 3 is 2.62 bits per heavy atom. The highest BCUT2D eigenvalue weighted by Crippen LogP contribution is 2.40. The topological polar surface area (TPSA) is 131 Å². The van der Waals surface area contributed by atoms with Gasteiger partial charge in [-0.05, 0) is 36.1 Å². The summed E-state index contributed by atoms with van der Waals surface area (Å²) in [7, 11) is 0. The van der Waals surface area contributed by atoms with Gasteiger partial charge in [0.2, 0.25) is 0 Å². The SMILES string of the molecule is CCC1(O)C(=O)OCc2c1cc1n(c2=O)Cc2c-1nc1ccccc1c2CCN(CCO)C(=O)OCc1ccccc1. The van der Waals surface area contributed by atoms with Crippen molar-refractivity contribution in [2.24, 2.45) is 0 Å². The Bertz CT molecular complexity index is 1750. The molecule has 2 aliphatic rings. The fourth-order valence-corrected chi connectivity index (χ4v) is 5.87. The van der Waals surface area contributed by atoms with Gasteiger partial charge >= 0.3 is 12.1 Å². The number of nitrogens with zero attached hydrogens (tertiary/aromatic N) is 3. The molecule has 0 radical (unpaired) electrons. The third-order valence-electron chi connectivity index (χ3n) is 8.18. The van der Waals surface area contributed by atoms with Crippen LogP contribution in [-0.2, 0) is 46.0 Å². The van der Waals surface area contributed by atoms with E-state index in [1.54, 1.807) is 17.6 Å². The molecule has 0 bridgehead atoms. The lowest BCUT2D eigenvalue weighted by Gasteiger charge is -2.31. The van der Waals surface area contributed by atoms with Gasteiger partial charge in [-0.15, -0.1) is 0 Å². The molecule has 0 saturated carbocycles. The van der Waals surface area contributed by atoms with E-state index in [0.717, 1.165) is 27.6 Å². The van der Waals surface area contributed by atoms with Gasteiger partial charge in [0, 0.05) is 29.6 Å². The highest BCUT2D eigenvalue weighted by molar-refractivity contribution is 5.89. The number of pyridine rings is 2. The van der Waals surface area contributed by atoms with E-state index >= 15 is 0 Å². The smallest absolute Gasteiger partial charge is 0.410 e. The van der Waals surface area contributed by atoms with Gasteiger partial charge in [-0.2, -0.15) is 0 Å². The number of fused-ring (bicyclic) bond motifs is 5. The van der Waals surface area contributed by atoms with Crippen molar-refractivity contribution in [3.8, 4) is 11.4 Å². The monoisotopic (exact) mass is 569 g/mol. The number of ether oxygens (including phenoxy) is 2. The first-order valence-electron chi connectivity index (χ1n) is 14.0. The number of aromatic nitrogens is 2. The van der Waals surface area contributed by atoms with Gasteiger partial charge in [-0.1, -0.05) is 55.5 Å². The van der Waals surface area contributed by atoms with Gasteiger partial charge in [0.15, 0.2) is 5.60 Å². The van der Waals surface area contributed by atoms with E-state index in [9.17, 15) is 24.6 Å². The minimum atomic E-state index is -1.91. The third kappa shape index (κ3) is 4.62. The summed E-state index contributed by atoms with van der Waals surface area (Å²) in [5.74, 6) is -0.768. The summed E-state index contributed by atoms with van der Waals surface area (Å²) in [4.78, 5) is 45.5. The molecule has 216 valence electrons. The summed E-state index contributed by atoms with van der Waals surface area (Å²) in [5, 5.41) is 21.8. The zero-order valence-corrected chi connectivity index (χ0v) is 23.2. The maximum Gasteiger partial charge on any atom is 0.410 e. The van der Waals surface area contributed by atoms with Gasteiger partial charge in [0.25, 0.3) is 5.56 Å². The second-order valence-corrected chi connectivity index (χ2v) is 10.5. The molecular formula is C32H31N3O7. The molecule has 10 nitrogen and oxygen atoms in total. The molecule has 10 heteroatoms. The molecule has 2 aromatic carbocycles. The molecule has 2 aliphatic heterocycles. The van der Waals surface area contributed by atoms with Crippen LogP contribution in [0.2, 0.25) is 0 Å². The average molecular weight is 570 g/mol. The van der Waals surface area contributed by atoms with Crippen LogP contribution in [0.5, 0.6) is 0 Å². The number of para-hydroxylation sites is 1. The summed E-state index contributed by atoms with van der Waals surface area (Å²) in [5.41, 5.74) is 2.75. The van der Waals surface area contributed by atoms with Crippen molar-refractivity contribution in [1.82, 2.24) is 14.5 Å². The minimum Gasteiger partial charge on any atom is -0.458 e. The van der Waals surface area contributed by atoms with E-state index in [4.69, 9.17) is 14.5 Å². The third-order valence-corrected chi connectivity index (χ3v) is 8.18. The summed E-state index contributed by atoms with van der Waals surface area (Å²) < 4.78 is 12.3. The van der Waals surface area contributed by atoms with E-state index in [2.05, 4.69) is 0 Å². The molecule has 2 N–H and O–H groups in total. The first-order valence-corrected chi connectivity index (χ1v) is 14.0. The number of esters is 1. The predicted octanol–water partition coefficient (Wildman–Crippen LogP) is 3.25. The van der Waals surface area contributed by atoms with Crippen LogP contribution in [-0.4, -0.2) is 56.4 Å². The van der Waals surface area contributed by atoms with Crippen LogP contribution in [0.25, 0.3) is 22.3 Å². The van der Waals surface area contributed by atoms with Gasteiger partial charge < -0.3 is 29.2 Å². The van der Waals surface area contributed by atoms with Crippen LogP contribution in [0, 0.1) is 0 Å². The van der Waals surface area contributed by atoms with Crippen LogP contribution in [0.1, 0.15) is 41.2 Å². The number of hydrogen-bond donors (Lipinski definition) is 2. The lowest BCUT2D eigenvalue weighted by Crippen LogP contribution is -2.44. The van der Waals surface area contributed by atoms with Crippen LogP contribution >= 0.6 is 0 Å². The fourth-order valence-electron chi connectivity index (χ4n) is 5.87. The Labute approximate surface area is 241 Å². The van der Waals surface area contributed by atoms with Crippen molar-refractivity contribution in [1.29, 1.82) is 0 Å². The number of cyclic esters (lactones) is 1. The number of carbonyl (C=O) groups excluding carboxylic acids is 2. The normalized spacial score (nSPS) is 16.9. The Morgan fingerprint density at radius 2 is 1.86 bits per heavy atom. The van der Waals surface area contributed by atoms with Crippen LogP contribution in [0.15, 0.2) is 65.5 Å². The fraction of sp³-hybridized carbons (Fsp3) is 0.312. The summed E-state index contributed by atoms with van der Waals surface area (Å²) >= 11 is 0. The zero-order chi connectivity index (χ0) is 29.4. The van der Waals surface area contributed by atoms with E-state index in [1.165, 1.54) is 4.90 Å². The van der Waals surface area contributed by atoms with Crippen molar-refractivity contribution in [2.75, 3.05) is 19.7 Å². The number of aliphatic hydroxyl groups is 2. The Hall–Kier alpha value is -4.54. The van der Waals surface area contributed by atoms with Gasteiger partial charge in [-0.25, -0.2) is 14.6 Å². The van der Waals surface area contributed by atoms with Crippen molar-refractivity contribution in [2.45, 2.75) is 45.1 Å². The number of amides is 1. The summed E-state index contributed by atoms with van der Waals surface area (Å²) in [6, 6.07) is 18.7. The summed E-state index contributed by atoms with van der Waals surface area (Å²) in [6.07, 6.45) is -0.0422. The van der Waals surface area contributed by atoms with Crippen LogP contribution in [0.3, 0.4) is 0 Å². The molecule has 0 spiro atoms. The number of rotatable bonds is 8. The van der Waals surface area contributed by atoms with E-state index < -0.39 is 17.7 Å². The second-order valence-electron chi connectivity index (χ2n) is 10.5. The van der Waals surface area contributed by atoms with Gasteiger partial charge in [0.1, 0.15) is 13.2 Å². The highest BCUT2D eigenvalue weighted by Gasteiger charge is 2.45.